The van der Waals surface area contributed by atoms with Crippen molar-refractivity contribution in [1.29, 1.82) is 5.41 Å². The van der Waals surface area contributed by atoms with Crippen LogP contribution in [0.3, 0.4) is 0 Å². The van der Waals surface area contributed by atoms with E-state index >= 15 is 0 Å². The number of rotatable bonds is 50. The van der Waals surface area contributed by atoms with Crippen molar-refractivity contribution in [3.63, 3.8) is 0 Å². The van der Waals surface area contributed by atoms with Gasteiger partial charge in [-0.15, -0.1) is 0 Å². The summed E-state index contributed by atoms with van der Waals surface area (Å²) in [5, 5.41) is 10.8. The second-order valence-electron chi connectivity index (χ2n) is 18.0. The molecule has 0 fully saturated rings. The Balaban J connectivity index is 3.22. The van der Waals surface area contributed by atoms with Gasteiger partial charge in [0.2, 0.25) is 5.90 Å². The van der Waals surface area contributed by atoms with Crippen LogP contribution in [-0.2, 0) is 14.5 Å². The first-order chi connectivity index (χ1) is 28.7. The SMILES string of the molecule is CCCCCCCCCCCCCCCCCCCCCCOOC(=N)CCCCCCNC(=O)OCCCCCCCCCCCCCCCCCCCCCC. The van der Waals surface area contributed by atoms with Gasteiger partial charge in [0.15, 0.2) is 0 Å². The molecule has 0 heterocycles. The van der Waals surface area contributed by atoms with Crippen LogP contribution in [0.5, 0.6) is 0 Å². The summed E-state index contributed by atoms with van der Waals surface area (Å²) >= 11 is 0. The molecule has 0 spiro atoms. The van der Waals surface area contributed by atoms with E-state index in [0.29, 0.717) is 26.2 Å². The molecule has 6 nitrogen and oxygen atoms in total. The van der Waals surface area contributed by atoms with Gasteiger partial charge in [-0.2, -0.15) is 4.89 Å². The van der Waals surface area contributed by atoms with Crippen molar-refractivity contribution < 1.29 is 19.3 Å². The van der Waals surface area contributed by atoms with Gasteiger partial charge < -0.3 is 14.9 Å². The van der Waals surface area contributed by atoms with Crippen molar-refractivity contribution in [2.75, 3.05) is 19.8 Å². The Hall–Kier alpha value is -1.30. The van der Waals surface area contributed by atoms with Crippen LogP contribution in [-0.4, -0.2) is 31.7 Å². The van der Waals surface area contributed by atoms with Gasteiger partial charge in [0.1, 0.15) is 0 Å². The summed E-state index contributed by atoms with van der Waals surface area (Å²) in [6.45, 7) is 6.33. The molecule has 0 saturated heterocycles. The summed E-state index contributed by atoms with van der Waals surface area (Å²) < 4.78 is 5.35. The Labute approximate surface area is 363 Å². The molecule has 0 radical (unpaired) electrons. The molecule has 0 bridgehead atoms. The van der Waals surface area contributed by atoms with Crippen LogP contribution >= 0.6 is 0 Å². The fourth-order valence-electron chi connectivity index (χ4n) is 8.10. The molecule has 0 atom stereocenters. The average molecular weight is 821 g/mol. The van der Waals surface area contributed by atoms with Crippen molar-refractivity contribution >= 4 is 12.0 Å². The molecule has 6 heteroatoms. The van der Waals surface area contributed by atoms with Crippen LogP contribution in [0.25, 0.3) is 0 Å². The second kappa shape index (κ2) is 51.8. The summed E-state index contributed by atoms with van der Waals surface area (Å²) in [5.41, 5.74) is 0. The van der Waals surface area contributed by atoms with Gasteiger partial charge in [0.05, 0.1) is 13.2 Å². The van der Waals surface area contributed by atoms with E-state index in [4.69, 9.17) is 19.9 Å². The molecule has 0 rings (SSSR count). The minimum Gasteiger partial charge on any atom is -0.450 e. The molecule has 0 aromatic heterocycles. The fourth-order valence-corrected chi connectivity index (χ4v) is 8.10. The number of alkyl carbamates (subject to hydrolysis) is 1. The van der Waals surface area contributed by atoms with Gasteiger partial charge >= 0.3 is 6.09 Å². The lowest BCUT2D eigenvalue weighted by atomic mass is 10.0. The summed E-state index contributed by atoms with van der Waals surface area (Å²) in [7, 11) is 0. The Morgan fingerprint density at radius 1 is 0.362 bits per heavy atom. The van der Waals surface area contributed by atoms with E-state index in [2.05, 4.69) is 19.2 Å². The number of hydrogen-bond acceptors (Lipinski definition) is 5. The summed E-state index contributed by atoms with van der Waals surface area (Å²) in [6, 6.07) is 0. The zero-order valence-electron chi connectivity index (χ0n) is 39.6. The standard InChI is InChI=1S/C52H104N2O4/c1-3-5-7-9-11-13-15-17-19-21-23-25-27-29-31-33-35-37-41-45-49-56-52(55)54-48-44-40-39-43-47-51(53)58-57-50-46-42-38-36-34-32-30-28-26-24-22-20-18-16-14-12-10-8-6-4-2/h53H,3-50H2,1-2H3,(H,54,55). The molecule has 0 saturated carbocycles. The van der Waals surface area contributed by atoms with E-state index in [1.165, 1.54) is 238 Å². The molecule has 0 unspecified atom stereocenters. The van der Waals surface area contributed by atoms with E-state index in [1.807, 2.05) is 0 Å². The van der Waals surface area contributed by atoms with E-state index in [1.54, 1.807) is 0 Å². The van der Waals surface area contributed by atoms with Crippen molar-refractivity contribution in [3.8, 4) is 0 Å². The molecule has 0 aliphatic heterocycles. The first kappa shape index (κ1) is 56.7. The van der Waals surface area contributed by atoms with E-state index in [0.717, 1.165) is 44.9 Å². The molecule has 0 aromatic carbocycles. The van der Waals surface area contributed by atoms with Crippen molar-refractivity contribution in [2.24, 2.45) is 0 Å². The monoisotopic (exact) mass is 821 g/mol. The second-order valence-corrected chi connectivity index (χ2v) is 18.0. The minimum absolute atomic E-state index is 0.222. The van der Waals surface area contributed by atoms with Crippen LogP contribution in [0.15, 0.2) is 0 Å². The smallest absolute Gasteiger partial charge is 0.407 e. The Kier molecular flexibility index (Phi) is 50.7. The molecule has 0 aliphatic carbocycles. The number of ether oxygens (including phenoxy) is 1. The number of nitrogens with one attached hydrogen (secondary N) is 2. The van der Waals surface area contributed by atoms with Gasteiger partial charge in [-0.3, -0.25) is 5.41 Å². The van der Waals surface area contributed by atoms with Crippen LogP contribution in [0.1, 0.15) is 303 Å². The molecule has 1 amide bonds. The Bertz CT molecular complexity index is 793. The molecular weight excluding hydrogens is 717 g/mol. The normalized spacial score (nSPS) is 11.3. The Morgan fingerprint density at radius 3 is 0.983 bits per heavy atom. The van der Waals surface area contributed by atoms with Gasteiger partial charge in [-0.1, -0.05) is 271 Å². The zero-order chi connectivity index (χ0) is 41.9. The van der Waals surface area contributed by atoms with Crippen LogP contribution in [0, 0.1) is 5.41 Å². The topological polar surface area (TPSA) is 80.6 Å². The highest BCUT2D eigenvalue weighted by Crippen LogP contribution is 2.17. The van der Waals surface area contributed by atoms with Crippen LogP contribution in [0.4, 0.5) is 4.79 Å². The van der Waals surface area contributed by atoms with Crippen LogP contribution < -0.4 is 5.32 Å². The minimum atomic E-state index is -0.287. The zero-order valence-corrected chi connectivity index (χ0v) is 39.6. The molecule has 0 aromatic rings. The maximum absolute atomic E-state index is 12.0. The van der Waals surface area contributed by atoms with Crippen molar-refractivity contribution in [3.05, 3.63) is 0 Å². The highest BCUT2D eigenvalue weighted by Gasteiger charge is 2.04. The molecule has 346 valence electrons. The first-order valence-corrected chi connectivity index (χ1v) is 26.5. The van der Waals surface area contributed by atoms with Gasteiger partial charge in [-0.25, -0.2) is 4.79 Å². The van der Waals surface area contributed by atoms with Gasteiger partial charge in [0, 0.05) is 13.0 Å². The average Bonchev–Trinajstić information content (AvgIpc) is 3.22. The summed E-state index contributed by atoms with van der Waals surface area (Å²) in [6.07, 6.45) is 59.2. The van der Waals surface area contributed by atoms with E-state index < -0.39 is 0 Å². The van der Waals surface area contributed by atoms with Gasteiger partial charge in [-0.05, 0) is 25.7 Å². The molecule has 58 heavy (non-hydrogen) atoms. The number of amides is 1. The third-order valence-corrected chi connectivity index (χ3v) is 12.1. The lowest BCUT2D eigenvalue weighted by Crippen LogP contribution is -2.25. The number of carbonyl (C=O) groups excluding carboxylic acids is 1. The lowest BCUT2D eigenvalue weighted by Gasteiger charge is -2.08. The molecule has 2 N–H and O–H groups in total. The largest absolute Gasteiger partial charge is 0.450 e. The highest BCUT2D eigenvalue weighted by molar-refractivity contribution is 5.71. The maximum atomic E-state index is 12.0. The summed E-state index contributed by atoms with van der Waals surface area (Å²) in [4.78, 5) is 22.4. The van der Waals surface area contributed by atoms with E-state index in [-0.39, 0.29) is 12.0 Å². The van der Waals surface area contributed by atoms with Crippen molar-refractivity contribution in [2.45, 2.75) is 303 Å². The number of unbranched alkanes of at least 4 members (excludes halogenated alkanes) is 41. The molecule has 0 aliphatic rings. The quantitative estimate of drug-likeness (QED) is 0.0211. The summed E-state index contributed by atoms with van der Waals surface area (Å²) in [5.74, 6) is 0.222. The number of carbonyl (C=O) groups is 1. The predicted molar refractivity (Wildman–Crippen MR) is 253 cm³/mol. The number of hydrogen-bond donors (Lipinski definition) is 2. The first-order valence-electron chi connectivity index (χ1n) is 26.5. The van der Waals surface area contributed by atoms with Crippen molar-refractivity contribution in [1.82, 2.24) is 5.32 Å². The van der Waals surface area contributed by atoms with Crippen LogP contribution in [0.2, 0.25) is 0 Å². The maximum Gasteiger partial charge on any atom is 0.407 e. The van der Waals surface area contributed by atoms with Gasteiger partial charge in [0.25, 0.3) is 0 Å². The fraction of sp³-hybridized carbons (Fsp3) is 0.962. The highest BCUT2D eigenvalue weighted by atomic mass is 17.2. The Morgan fingerprint density at radius 2 is 0.638 bits per heavy atom. The van der Waals surface area contributed by atoms with E-state index in [9.17, 15) is 4.79 Å². The molecular formula is C52H104N2O4. The lowest BCUT2D eigenvalue weighted by molar-refractivity contribution is -0.225. The predicted octanol–water partition coefficient (Wildman–Crippen LogP) is 18.2. The third kappa shape index (κ3) is 50.8. The third-order valence-electron chi connectivity index (χ3n) is 12.1.